The van der Waals surface area contributed by atoms with Gasteiger partial charge in [-0.05, 0) is 25.0 Å². The molecule has 82 valence electrons. The lowest BCUT2D eigenvalue weighted by molar-refractivity contribution is 1.43. The van der Waals surface area contributed by atoms with Crippen LogP contribution < -0.4 is 0 Å². The molecular weight excluding hydrogens is 206 g/mol. The topological polar surface area (TPSA) is 12.4 Å². The van der Waals surface area contributed by atoms with E-state index in [2.05, 4.69) is 10.9 Å². The third-order valence-electron chi connectivity index (χ3n) is 2.46. The Morgan fingerprint density at radius 1 is 1.00 bits per heavy atom. The van der Waals surface area contributed by atoms with Crippen LogP contribution in [0.15, 0.2) is 59.6 Å². The molecule has 0 saturated carbocycles. The van der Waals surface area contributed by atoms with Crippen molar-refractivity contribution in [2.45, 2.75) is 6.92 Å². The van der Waals surface area contributed by atoms with E-state index in [1.807, 2.05) is 61.5 Å². The second-order valence-corrected chi connectivity index (χ2v) is 3.81. The smallest absolute Gasteiger partial charge is 0.120 e. The first-order chi connectivity index (χ1) is 8.29. The van der Waals surface area contributed by atoms with Crippen LogP contribution in [0.2, 0.25) is 0 Å². The minimum Gasteiger partial charge on any atom is -0.239 e. The highest BCUT2D eigenvalue weighted by atomic mass is 14.7. The second-order valence-electron chi connectivity index (χ2n) is 3.81. The molecule has 0 aliphatic rings. The number of terminal acetylenes is 1. The van der Waals surface area contributed by atoms with Gasteiger partial charge in [-0.2, -0.15) is 0 Å². The van der Waals surface area contributed by atoms with Crippen molar-refractivity contribution in [3.63, 3.8) is 0 Å². The van der Waals surface area contributed by atoms with Gasteiger partial charge in [-0.15, -0.1) is 6.42 Å². The van der Waals surface area contributed by atoms with E-state index in [-0.39, 0.29) is 0 Å². The van der Waals surface area contributed by atoms with Crippen molar-refractivity contribution in [3.05, 3.63) is 65.7 Å². The largest absolute Gasteiger partial charge is 0.239 e. The highest BCUT2D eigenvalue weighted by Crippen LogP contribution is 2.14. The van der Waals surface area contributed by atoms with Crippen LogP contribution in [0.1, 0.15) is 11.1 Å². The maximum absolute atomic E-state index is 5.50. The lowest BCUT2D eigenvalue weighted by Gasteiger charge is -2.00. The first kappa shape index (κ1) is 11.2. The van der Waals surface area contributed by atoms with Crippen LogP contribution in [0.4, 0.5) is 5.69 Å². The fraction of sp³-hybridized carbons (Fsp3) is 0.0625. The lowest BCUT2D eigenvalue weighted by atomic mass is 10.1. The first-order valence-electron chi connectivity index (χ1n) is 5.47. The molecule has 1 nitrogen and oxygen atoms in total. The van der Waals surface area contributed by atoms with Gasteiger partial charge in [0.1, 0.15) is 5.71 Å². The monoisotopic (exact) mass is 219 g/mol. The van der Waals surface area contributed by atoms with E-state index < -0.39 is 0 Å². The maximum atomic E-state index is 5.50. The van der Waals surface area contributed by atoms with E-state index in [1.54, 1.807) is 0 Å². The summed E-state index contributed by atoms with van der Waals surface area (Å²) < 4.78 is 0. The zero-order valence-electron chi connectivity index (χ0n) is 9.72. The number of aryl methyl sites for hydroxylation is 1. The van der Waals surface area contributed by atoms with E-state index in [1.165, 1.54) is 5.56 Å². The molecule has 17 heavy (non-hydrogen) atoms. The van der Waals surface area contributed by atoms with Gasteiger partial charge in [-0.25, -0.2) is 4.99 Å². The molecule has 2 aromatic rings. The highest BCUT2D eigenvalue weighted by Gasteiger charge is 1.99. The Morgan fingerprint density at radius 2 is 1.65 bits per heavy atom. The minimum atomic E-state index is 0.662. The minimum absolute atomic E-state index is 0.662. The molecule has 0 unspecified atom stereocenters. The van der Waals surface area contributed by atoms with E-state index in [0.29, 0.717) is 5.71 Å². The quantitative estimate of drug-likeness (QED) is 0.539. The van der Waals surface area contributed by atoms with Crippen LogP contribution in [0.25, 0.3) is 0 Å². The van der Waals surface area contributed by atoms with Crippen LogP contribution in [-0.2, 0) is 0 Å². The number of nitrogens with zero attached hydrogens (tertiary/aromatic N) is 1. The Morgan fingerprint density at radius 3 is 2.24 bits per heavy atom. The SMILES string of the molecule is C#CC(=Nc1ccc(C)cc1)c1ccccc1. The highest BCUT2D eigenvalue weighted by molar-refractivity contribution is 6.13. The first-order valence-corrected chi connectivity index (χ1v) is 5.47. The van der Waals surface area contributed by atoms with Gasteiger partial charge in [0.05, 0.1) is 5.69 Å². The predicted molar refractivity (Wildman–Crippen MR) is 72.7 cm³/mol. The normalized spacial score (nSPS) is 10.9. The molecule has 0 N–H and O–H groups in total. The Bertz CT molecular complexity index is 557. The van der Waals surface area contributed by atoms with Crippen molar-refractivity contribution in [2.75, 3.05) is 0 Å². The summed E-state index contributed by atoms with van der Waals surface area (Å²) in [5.74, 6) is 2.63. The van der Waals surface area contributed by atoms with Crippen molar-refractivity contribution < 1.29 is 0 Å². The zero-order valence-corrected chi connectivity index (χ0v) is 9.72. The van der Waals surface area contributed by atoms with Crippen LogP contribution in [0.5, 0.6) is 0 Å². The maximum Gasteiger partial charge on any atom is 0.120 e. The Hall–Kier alpha value is -2.33. The van der Waals surface area contributed by atoms with Gasteiger partial charge >= 0.3 is 0 Å². The number of benzene rings is 2. The van der Waals surface area contributed by atoms with Gasteiger partial charge in [0.25, 0.3) is 0 Å². The third kappa shape index (κ3) is 2.83. The van der Waals surface area contributed by atoms with Crippen molar-refractivity contribution in [2.24, 2.45) is 4.99 Å². The zero-order chi connectivity index (χ0) is 12.1. The molecule has 0 bridgehead atoms. The van der Waals surface area contributed by atoms with E-state index in [0.717, 1.165) is 11.3 Å². The average molecular weight is 219 g/mol. The summed E-state index contributed by atoms with van der Waals surface area (Å²) in [4.78, 5) is 4.47. The van der Waals surface area contributed by atoms with Crippen LogP contribution >= 0.6 is 0 Å². The molecule has 0 aliphatic heterocycles. The second kappa shape index (κ2) is 5.14. The molecule has 1 heteroatoms. The van der Waals surface area contributed by atoms with Gasteiger partial charge in [-0.3, -0.25) is 0 Å². The summed E-state index contributed by atoms with van der Waals surface area (Å²) >= 11 is 0. The molecule has 0 heterocycles. The summed E-state index contributed by atoms with van der Waals surface area (Å²) in [5, 5.41) is 0. The number of hydrogen-bond donors (Lipinski definition) is 0. The van der Waals surface area contributed by atoms with E-state index in [4.69, 9.17) is 6.42 Å². The summed E-state index contributed by atoms with van der Waals surface area (Å²) in [5.41, 5.74) is 3.73. The van der Waals surface area contributed by atoms with Crippen molar-refractivity contribution in [1.29, 1.82) is 0 Å². The summed E-state index contributed by atoms with van der Waals surface area (Å²) in [6.45, 7) is 2.05. The van der Waals surface area contributed by atoms with E-state index >= 15 is 0 Å². The summed E-state index contributed by atoms with van der Waals surface area (Å²) in [7, 11) is 0. The number of aliphatic imine (C=N–C) groups is 1. The summed E-state index contributed by atoms with van der Waals surface area (Å²) in [6, 6.07) is 17.8. The van der Waals surface area contributed by atoms with Crippen LogP contribution in [0.3, 0.4) is 0 Å². The molecule has 0 amide bonds. The van der Waals surface area contributed by atoms with Crippen molar-refractivity contribution in [1.82, 2.24) is 0 Å². The Balaban J connectivity index is 2.37. The number of hydrogen-bond acceptors (Lipinski definition) is 1. The predicted octanol–water partition coefficient (Wildman–Crippen LogP) is 3.75. The summed E-state index contributed by atoms with van der Waals surface area (Å²) in [6.07, 6.45) is 5.50. The van der Waals surface area contributed by atoms with Crippen molar-refractivity contribution in [3.8, 4) is 12.3 Å². The molecule has 0 fully saturated rings. The lowest BCUT2D eigenvalue weighted by Crippen LogP contribution is -1.95. The van der Waals surface area contributed by atoms with Crippen LogP contribution in [0, 0.1) is 19.3 Å². The van der Waals surface area contributed by atoms with Gasteiger partial charge in [0.2, 0.25) is 0 Å². The fourth-order valence-corrected chi connectivity index (χ4v) is 1.52. The van der Waals surface area contributed by atoms with Gasteiger partial charge in [0, 0.05) is 5.56 Å². The molecular formula is C16H13N. The molecule has 0 aromatic heterocycles. The number of rotatable bonds is 2. The van der Waals surface area contributed by atoms with Crippen LogP contribution in [-0.4, -0.2) is 5.71 Å². The molecule has 0 radical (unpaired) electrons. The average Bonchev–Trinajstić information content (AvgIpc) is 2.39. The Labute approximate surface area is 102 Å². The molecule has 0 saturated heterocycles. The fourth-order valence-electron chi connectivity index (χ4n) is 1.52. The molecule has 2 aromatic carbocycles. The van der Waals surface area contributed by atoms with Crippen molar-refractivity contribution >= 4 is 11.4 Å². The molecule has 0 spiro atoms. The van der Waals surface area contributed by atoms with Gasteiger partial charge in [0.15, 0.2) is 0 Å². The molecule has 0 atom stereocenters. The Kier molecular flexibility index (Phi) is 3.37. The third-order valence-corrected chi connectivity index (χ3v) is 2.46. The van der Waals surface area contributed by atoms with Gasteiger partial charge < -0.3 is 0 Å². The van der Waals surface area contributed by atoms with Gasteiger partial charge in [-0.1, -0.05) is 48.0 Å². The van der Waals surface area contributed by atoms with E-state index in [9.17, 15) is 0 Å². The molecule has 0 aliphatic carbocycles. The standard InChI is InChI=1S/C16H13N/c1-3-16(14-7-5-4-6-8-14)17-15-11-9-13(2)10-12-15/h1,4-12H,2H3. The molecule has 2 rings (SSSR count).